The number of nitrogens with zero attached hydrogens (tertiary/aromatic N) is 2. The summed E-state index contributed by atoms with van der Waals surface area (Å²) in [5, 5.41) is 3.33. The summed E-state index contributed by atoms with van der Waals surface area (Å²) in [5.74, 6) is -0.247. The molecule has 0 aliphatic rings. The number of amides is 2. The third-order valence-corrected chi connectivity index (χ3v) is 7.94. The van der Waals surface area contributed by atoms with Gasteiger partial charge in [0, 0.05) is 17.1 Å². The van der Waals surface area contributed by atoms with Crippen molar-refractivity contribution in [2.75, 3.05) is 18.0 Å². The average Bonchev–Trinajstić information content (AvgIpc) is 2.90. The van der Waals surface area contributed by atoms with Crippen LogP contribution in [0.3, 0.4) is 0 Å². The van der Waals surface area contributed by atoms with Gasteiger partial charge >= 0.3 is 0 Å². The minimum Gasteiger partial charge on any atom is -0.497 e. The van der Waals surface area contributed by atoms with Crippen LogP contribution in [0.4, 0.5) is 5.69 Å². The Kier molecular flexibility index (Phi) is 9.63. The Hall–Kier alpha value is -3.56. The number of ether oxygens (including phenoxy) is 1. The van der Waals surface area contributed by atoms with E-state index in [4.69, 9.17) is 16.3 Å². The maximum Gasteiger partial charge on any atom is 0.264 e. The van der Waals surface area contributed by atoms with Gasteiger partial charge < -0.3 is 15.0 Å². The van der Waals surface area contributed by atoms with E-state index in [1.54, 1.807) is 80.8 Å². The van der Waals surface area contributed by atoms with Crippen molar-refractivity contribution in [1.82, 2.24) is 10.2 Å². The molecule has 1 atom stereocenters. The molecule has 0 heterocycles. The van der Waals surface area contributed by atoms with Gasteiger partial charge in [0.15, 0.2) is 0 Å². The van der Waals surface area contributed by atoms with Crippen LogP contribution in [0.5, 0.6) is 5.75 Å². The van der Waals surface area contributed by atoms with Crippen LogP contribution < -0.4 is 14.4 Å². The van der Waals surface area contributed by atoms with Crippen LogP contribution in [0.15, 0.2) is 83.8 Å². The normalized spacial score (nSPS) is 12.4. The zero-order valence-corrected chi connectivity index (χ0v) is 24.3. The highest BCUT2D eigenvalue weighted by Gasteiger charge is 2.33. The number of hydrogen-bond donors (Lipinski definition) is 1. The Bertz CT molecular complexity index is 1370. The quantitative estimate of drug-likeness (QED) is 0.374. The van der Waals surface area contributed by atoms with Gasteiger partial charge in [0.25, 0.3) is 10.0 Å². The lowest BCUT2D eigenvalue weighted by Crippen LogP contribution is -2.54. The van der Waals surface area contributed by atoms with Gasteiger partial charge in [-0.1, -0.05) is 41.9 Å². The number of anilines is 1. The molecule has 0 aliphatic carbocycles. The van der Waals surface area contributed by atoms with Crippen molar-refractivity contribution in [1.29, 1.82) is 0 Å². The number of carbonyl (C=O) groups is 2. The maximum atomic E-state index is 13.9. The topological polar surface area (TPSA) is 96.0 Å². The first-order chi connectivity index (χ1) is 18.3. The number of sulfonamides is 1. The van der Waals surface area contributed by atoms with E-state index in [-0.39, 0.29) is 23.0 Å². The highest BCUT2D eigenvalue weighted by Crippen LogP contribution is 2.26. The van der Waals surface area contributed by atoms with Crippen molar-refractivity contribution in [2.45, 2.75) is 50.7 Å². The lowest BCUT2D eigenvalue weighted by Gasteiger charge is -2.33. The molecule has 208 valence electrons. The fraction of sp³-hybridized carbons (Fsp3) is 0.310. The third kappa shape index (κ3) is 7.97. The number of carbonyl (C=O) groups excluding carboxylic acids is 2. The monoisotopic (exact) mass is 571 g/mol. The molecule has 0 saturated carbocycles. The van der Waals surface area contributed by atoms with Crippen molar-refractivity contribution in [3.8, 4) is 5.75 Å². The van der Waals surface area contributed by atoms with Crippen LogP contribution in [0.2, 0.25) is 5.02 Å². The smallest absolute Gasteiger partial charge is 0.264 e. The summed E-state index contributed by atoms with van der Waals surface area (Å²) >= 11 is 6.05. The zero-order chi connectivity index (χ0) is 28.8. The predicted molar refractivity (Wildman–Crippen MR) is 153 cm³/mol. The number of rotatable bonds is 10. The van der Waals surface area contributed by atoms with Gasteiger partial charge in [0.2, 0.25) is 11.8 Å². The molecule has 8 nitrogen and oxygen atoms in total. The van der Waals surface area contributed by atoms with E-state index in [1.165, 1.54) is 17.0 Å². The Morgan fingerprint density at radius 3 is 2.08 bits per heavy atom. The molecule has 3 aromatic rings. The molecule has 0 radical (unpaired) electrons. The molecular weight excluding hydrogens is 538 g/mol. The first-order valence-electron chi connectivity index (χ1n) is 12.4. The summed E-state index contributed by atoms with van der Waals surface area (Å²) in [4.78, 5) is 28.5. The molecule has 0 bridgehead atoms. The van der Waals surface area contributed by atoms with Gasteiger partial charge in [-0.05, 0) is 81.8 Å². The number of hydrogen-bond acceptors (Lipinski definition) is 5. The van der Waals surface area contributed by atoms with E-state index in [1.807, 2.05) is 20.8 Å². The summed E-state index contributed by atoms with van der Waals surface area (Å²) in [6.07, 6.45) is 0. The zero-order valence-electron chi connectivity index (χ0n) is 22.7. The molecule has 0 saturated heterocycles. The molecule has 0 aliphatic heterocycles. The van der Waals surface area contributed by atoms with Crippen molar-refractivity contribution in [3.63, 3.8) is 0 Å². The second-order valence-electron chi connectivity index (χ2n) is 10.1. The lowest BCUT2D eigenvalue weighted by atomic mass is 10.1. The maximum absolute atomic E-state index is 13.9. The molecule has 3 aromatic carbocycles. The first kappa shape index (κ1) is 30.0. The molecule has 39 heavy (non-hydrogen) atoms. The minimum atomic E-state index is -4.13. The Labute approximate surface area is 235 Å². The number of methoxy groups -OCH3 is 1. The highest BCUT2D eigenvalue weighted by molar-refractivity contribution is 7.92. The lowest BCUT2D eigenvalue weighted by molar-refractivity contribution is -0.140. The largest absolute Gasteiger partial charge is 0.497 e. The second kappa shape index (κ2) is 12.5. The highest BCUT2D eigenvalue weighted by atomic mass is 35.5. The van der Waals surface area contributed by atoms with Gasteiger partial charge in [-0.25, -0.2) is 8.42 Å². The van der Waals surface area contributed by atoms with Crippen LogP contribution in [0.1, 0.15) is 33.3 Å². The van der Waals surface area contributed by atoms with Crippen LogP contribution in [-0.2, 0) is 26.2 Å². The van der Waals surface area contributed by atoms with Gasteiger partial charge in [-0.2, -0.15) is 0 Å². The molecule has 0 spiro atoms. The van der Waals surface area contributed by atoms with Gasteiger partial charge in [-0.3, -0.25) is 13.9 Å². The standard InChI is InChI=1S/C29H34ClN3O5S/c1-21(28(35)31-29(2,3)4)32(19-22-11-17-25(38-5)18-12-22)27(34)20-33(24-15-13-23(30)14-16-24)39(36,37)26-9-7-6-8-10-26/h6-18,21H,19-20H2,1-5H3,(H,31,35). The van der Waals surface area contributed by atoms with E-state index in [0.29, 0.717) is 10.8 Å². The Balaban J connectivity index is 2.01. The molecule has 3 rings (SSSR count). The second-order valence-corrected chi connectivity index (χ2v) is 12.4. The van der Waals surface area contributed by atoms with Crippen LogP contribution >= 0.6 is 11.6 Å². The Morgan fingerprint density at radius 1 is 0.949 bits per heavy atom. The first-order valence-corrected chi connectivity index (χ1v) is 14.2. The van der Waals surface area contributed by atoms with Gasteiger partial charge in [0.1, 0.15) is 18.3 Å². The van der Waals surface area contributed by atoms with E-state index in [9.17, 15) is 18.0 Å². The summed E-state index contributed by atoms with van der Waals surface area (Å²) in [6, 6.07) is 20.3. The summed E-state index contributed by atoms with van der Waals surface area (Å²) in [6.45, 7) is 6.73. The fourth-order valence-corrected chi connectivity index (χ4v) is 5.40. The summed E-state index contributed by atoms with van der Waals surface area (Å²) in [5.41, 5.74) is 0.503. The Morgan fingerprint density at radius 2 is 1.54 bits per heavy atom. The average molecular weight is 572 g/mol. The van der Waals surface area contributed by atoms with Crippen molar-refractivity contribution in [3.05, 3.63) is 89.4 Å². The molecule has 1 N–H and O–H groups in total. The van der Waals surface area contributed by atoms with Crippen LogP contribution in [0.25, 0.3) is 0 Å². The van der Waals surface area contributed by atoms with E-state index >= 15 is 0 Å². The fourth-order valence-electron chi connectivity index (χ4n) is 3.84. The number of halogens is 1. The van der Waals surface area contributed by atoms with Crippen LogP contribution in [0, 0.1) is 0 Å². The summed E-state index contributed by atoms with van der Waals surface area (Å²) < 4.78 is 33.7. The molecule has 1 unspecified atom stereocenters. The number of nitrogens with one attached hydrogen (secondary N) is 1. The molecule has 10 heteroatoms. The molecular formula is C29H34ClN3O5S. The summed E-state index contributed by atoms with van der Waals surface area (Å²) in [7, 11) is -2.57. The van der Waals surface area contributed by atoms with Crippen molar-refractivity contribution < 1.29 is 22.7 Å². The van der Waals surface area contributed by atoms with E-state index < -0.39 is 34.1 Å². The molecule has 0 aromatic heterocycles. The number of benzene rings is 3. The van der Waals surface area contributed by atoms with Gasteiger partial charge in [0.05, 0.1) is 17.7 Å². The van der Waals surface area contributed by atoms with Crippen molar-refractivity contribution in [2.24, 2.45) is 0 Å². The third-order valence-electron chi connectivity index (χ3n) is 5.90. The predicted octanol–water partition coefficient (Wildman–Crippen LogP) is 4.88. The van der Waals surface area contributed by atoms with Crippen molar-refractivity contribution >= 4 is 39.1 Å². The SMILES string of the molecule is COc1ccc(CN(C(=O)CN(c2ccc(Cl)cc2)S(=O)(=O)c2ccccc2)C(C)C(=O)NC(C)(C)C)cc1. The molecule has 2 amide bonds. The van der Waals surface area contributed by atoms with Gasteiger partial charge in [-0.15, -0.1) is 0 Å². The van der Waals surface area contributed by atoms with E-state index in [2.05, 4.69) is 5.32 Å². The minimum absolute atomic E-state index is 0.0352. The van der Waals surface area contributed by atoms with E-state index in [0.717, 1.165) is 9.87 Å². The van der Waals surface area contributed by atoms with Crippen LogP contribution in [-0.4, -0.2) is 50.4 Å². The molecule has 0 fully saturated rings.